The quantitative estimate of drug-likeness (QED) is 0.923. The molecule has 3 nitrogen and oxygen atoms in total. The Kier molecular flexibility index (Phi) is 4.41. The van der Waals surface area contributed by atoms with E-state index < -0.39 is 28.3 Å². The van der Waals surface area contributed by atoms with Crippen molar-refractivity contribution in [1.29, 1.82) is 0 Å². The molecule has 0 heterocycles. The summed E-state index contributed by atoms with van der Waals surface area (Å²) in [6, 6.07) is 4.23. The molecule has 0 aliphatic heterocycles. The van der Waals surface area contributed by atoms with Gasteiger partial charge in [0.2, 0.25) is 0 Å². The molecule has 6 heteroatoms. The van der Waals surface area contributed by atoms with Crippen LogP contribution in [0.25, 0.3) is 0 Å². The average molecular weight is 295 g/mol. The van der Waals surface area contributed by atoms with Crippen molar-refractivity contribution in [2.45, 2.75) is 5.75 Å². The van der Waals surface area contributed by atoms with Gasteiger partial charge in [-0.1, -0.05) is 6.07 Å². The fourth-order valence-electron chi connectivity index (χ4n) is 1.00. The van der Waals surface area contributed by atoms with Crippen molar-refractivity contribution in [3.8, 4) is 0 Å². The number of benzene rings is 1. The Morgan fingerprint density at radius 1 is 1.53 bits per heavy atom. The minimum atomic E-state index is -1.46. The maximum absolute atomic E-state index is 12.8. The maximum atomic E-state index is 12.8. The molecule has 0 aliphatic rings. The highest BCUT2D eigenvalue weighted by Crippen LogP contribution is 2.17. The van der Waals surface area contributed by atoms with Crippen molar-refractivity contribution in [3.05, 3.63) is 34.1 Å². The Balaban J connectivity index is 2.69. The first-order valence-electron chi connectivity index (χ1n) is 3.99. The molecule has 0 bridgehead atoms. The number of carbonyl (C=O) groups is 1. The van der Waals surface area contributed by atoms with Crippen LogP contribution in [0.2, 0.25) is 0 Å². The van der Waals surface area contributed by atoms with E-state index in [1.54, 1.807) is 0 Å². The zero-order valence-electron chi connectivity index (χ0n) is 7.57. The SMILES string of the molecule is O=C(O)CS(=O)Cc1ccc(F)c(Br)c1. The molecule has 0 saturated heterocycles. The highest BCUT2D eigenvalue weighted by atomic mass is 79.9. The van der Waals surface area contributed by atoms with Crippen LogP contribution in [-0.4, -0.2) is 21.0 Å². The molecule has 1 aromatic carbocycles. The van der Waals surface area contributed by atoms with E-state index in [4.69, 9.17) is 5.11 Å². The molecule has 0 fully saturated rings. The molecule has 0 spiro atoms. The molecule has 0 aromatic heterocycles. The molecule has 0 aliphatic carbocycles. The Hall–Kier alpha value is -0.750. The van der Waals surface area contributed by atoms with Gasteiger partial charge in [-0.3, -0.25) is 9.00 Å². The van der Waals surface area contributed by atoms with Crippen molar-refractivity contribution >= 4 is 32.7 Å². The Morgan fingerprint density at radius 2 is 2.20 bits per heavy atom. The fourth-order valence-corrected chi connectivity index (χ4v) is 2.36. The van der Waals surface area contributed by atoms with Crippen LogP contribution in [0.5, 0.6) is 0 Å². The van der Waals surface area contributed by atoms with Gasteiger partial charge < -0.3 is 5.11 Å². The topological polar surface area (TPSA) is 54.4 Å². The van der Waals surface area contributed by atoms with E-state index in [2.05, 4.69) is 15.9 Å². The third-order valence-corrected chi connectivity index (χ3v) is 3.43. The second kappa shape index (κ2) is 5.37. The maximum Gasteiger partial charge on any atom is 0.316 e. The predicted molar refractivity (Wildman–Crippen MR) is 58.4 cm³/mol. The first kappa shape index (κ1) is 12.3. The van der Waals surface area contributed by atoms with Gasteiger partial charge >= 0.3 is 5.97 Å². The van der Waals surface area contributed by atoms with Crippen LogP contribution >= 0.6 is 15.9 Å². The van der Waals surface area contributed by atoms with Crippen LogP contribution < -0.4 is 0 Å². The van der Waals surface area contributed by atoms with Gasteiger partial charge in [-0.25, -0.2) is 4.39 Å². The largest absolute Gasteiger partial charge is 0.481 e. The summed E-state index contributed by atoms with van der Waals surface area (Å²) in [6.45, 7) is 0. The zero-order chi connectivity index (χ0) is 11.4. The summed E-state index contributed by atoms with van der Waals surface area (Å²) in [4.78, 5) is 10.3. The lowest BCUT2D eigenvalue weighted by Gasteiger charge is -2.01. The summed E-state index contributed by atoms with van der Waals surface area (Å²) in [7, 11) is -1.46. The monoisotopic (exact) mass is 294 g/mol. The molecule has 1 aromatic rings. The lowest BCUT2D eigenvalue weighted by molar-refractivity contribution is -0.133. The molecule has 1 atom stereocenters. The summed E-state index contributed by atoms with van der Waals surface area (Å²) in [5.41, 5.74) is 0.642. The Bertz CT molecular complexity index is 408. The van der Waals surface area contributed by atoms with Crippen molar-refractivity contribution in [1.82, 2.24) is 0 Å². The van der Waals surface area contributed by atoms with Crippen molar-refractivity contribution in [3.63, 3.8) is 0 Å². The average Bonchev–Trinajstić information content (AvgIpc) is 2.10. The molecule has 1 rings (SSSR count). The van der Waals surface area contributed by atoms with E-state index in [-0.39, 0.29) is 10.2 Å². The van der Waals surface area contributed by atoms with Gasteiger partial charge in [0.05, 0.1) is 4.47 Å². The van der Waals surface area contributed by atoms with Crippen LogP contribution in [0.15, 0.2) is 22.7 Å². The van der Waals surface area contributed by atoms with Crippen molar-refractivity contribution < 1.29 is 18.5 Å². The molecular formula is C9H8BrFO3S. The standard InChI is InChI=1S/C9H8BrFO3S/c10-7-3-6(1-2-8(7)11)4-15(14)5-9(12)13/h1-3H,4-5H2,(H,12,13). The number of halogens is 2. The first-order chi connectivity index (χ1) is 6.99. The van der Waals surface area contributed by atoms with E-state index in [0.29, 0.717) is 5.56 Å². The number of hydrogen-bond acceptors (Lipinski definition) is 2. The van der Waals surface area contributed by atoms with E-state index in [0.717, 1.165) is 0 Å². The predicted octanol–water partition coefficient (Wildman–Crippen LogP) is 1.92. The molecule has 0 radical (unpaired) electrons. The molecule has 1 unspecified atom stereocenters. The van der Waals surface area contributed by atoms with Crippen LogP contribution in [0.1, 0.15) is 5.56 Å². The lowest BCUT2D eigenvalue weighted by atomic mass is 10.2. The molecule has 1 N–H and O–H groups in total. The molecule has 0 saturated carbocycles. The number of carboxylic acid groups (broad SMARTS) is 1. The number of rotatable bonds is 4. The van der Waals surface area contributed by atoms with Gasteiger partial charge in [0.1, 0.15) is 11.6 Å². The van der Waals surface area contributed by atoms with Crippen LogP contribution in [0, 0.1) is 5.82 Å². The minimum Gasteiger partial charge on any atom is -0.481 e. The number of hydrogen-bond donors (Lipinski definition) is 1. The summed E-state index contributed by atoms with van der Waals surface area (Å²) in [5.74, 6) is -1.78. The second-order valence-corrected chi connectivity index (χ2v) is 5.18. The second-order valence-electron chi connectivity index (χ2n) is 2.87. The Labute approximate surface area is 96.9 Å². The van der Waals surface area contributed by atoms with Gasteiger partial charge in [0.25, 0.3) is 0 Å². The van der Waals surface area contributed by atoms with Crippen LogP contribution in [0.4, 0.5) is 4.39 Å². The molecule has 0 amide bonds. The third-order valence-electron chi connectivity index (χ3n) is 1.60. The smallest absolute Gasteiger partial charge is 0.316 e. The number of carboxylic acids is 1. The van der Waals surface area contributed by atoms with Crippen LogP contribution in [-0.2, 0) is 21.3 Å². The summed E-state index contributed by atoms with van der Waals surface area (Å²) in [5, 5.41) is 8.40. The third kappa shape index (κ3) is 4.09. The molecule has 15 heavy (non-hydrogen) atoms. The summed E-state index contributed by atoms with van der Waals surface area (Å²) >= 11 is 3.00. The van der Waals surface area contributed by atoms with E-state index >= 15 is 0 Å². The zero-order valence-corrected chi connectivity index (χ0v) is 9.98. The summed E-state index contributed by atoms with van der Waals surface area (Å²) < 4.78 is 24.4. The minimum absolute atomic E-state index is 0.116. The first-order valence-corrected chi connectivity index (χ1v) is 6.28. The normalized spacial score (nSPS) is 12.4. The molecular weight excluding hydrogens is 287 g/mol. The van der Waals surface area contributed by atoms with Gasteiger partial charge in [-0.05, 0) is 33.6 Å². The van der Waals surface area contributed by atoms with Gasteiger partial charge in [-0.15, -0.1) is 0 Å². The van der Waals surface area contributed by atoms with Gasteiger partial charge in [0, 0.05) is 16.6 Å². The van der Waals surface area contributed by atoms with Gasteiger partial charge in [0.15, 0.2) is 0 Å². The number of aliphatic carboxylic acids is 1. The van der Waals surface area contributed by atoms with Gasteiger partial charge in [-0.2, -0.15) is 0 Å². The highest BCUT2D eigenvalue weighted by Gasteiger charge is 2.08. The summed E-state index contributed by atoms with van der Waals surface area (Å²) in [6.07, 6.45) is 0. The van der Waals surface area contributed by atoms with Crippen molar-refractivity contribution in [2.24, 2.45) is 0 Å². The Morgan fingerprint density at radius 3 is 2.73 bits per heavy atom. The fraction of sp³-hybridized carbons (Fsp3) is 0.222. The molecule has 82 valence electrons. The van der Waals surface area contributed by atoms with E-state index in [1.807, 2.05) is 0 Å². The van der Waals surface area contributed by atoms with E-state index in [1.165, 1.54) is 18.2 Å². The van der Waals surface area contributed by atoms with Crippen molar-refractivity contribution in [2.75, 3.05) is 5.75 Å². The lowest BCUT2D eigenvalue weighted by Crippen LogP contribution is -2.10. The van der Waals surface area contributed by atoms with Crippen LogP contribution in [0.3, 0.4) is 0 Å². The van der Waals surface area contributed by atoms with E-state index in [9.17, 15) is 13.4 Å². The highest BCUT2D eigenvalue weighted by molar-refractivity contribution is 9.10.